The first kappa shape index (κ1) is 14.6. The standard InChI is InChI=1S/C18H19FN2O2/c19-15-4-3-13(14-11-20-9-5-12(14)15)17(22)21-16-6-10-23-18(16)7-1-2-8-18/h3-5,9,11,16H,1-2,6-8,10H2,(H,21,22). The van der Waals surface area contributed by atoms with Crippen molar-refractivity contribution in [2.75, 3.05) is 6.61 Å². The molecule has 2 aliphatic rings. The number of fused-ring (bicyclic) bond motifs is 1. The minimum atomic E-state index is -0.338. The lowest BCUT2D eigenvalue weighted by Crippen LogP contribution is -2.48. The van der Waals surface area contributed by atoms with Gasteiger partial charge in [0.1, 0.15) is 5.82 Å². The van der Waals surface area contributed by atoms with E-state index in [0.717, 1.165) is 32.1 Å². The zero-order valence-corrected chi connectivity index (χ0v) is 12.8. The Labute approximate surface area is 134 Å². The average molecular weight is 314 g/mol. The highest BCUT2D eigenvalue weighted by molar-refractivity contribution is 6.07. The number of amides is 1. The van der Waals surface area contributed by atoms with Gasteiger partial charge in [-0.05, 0) is 37.5 Å². The topological polar surface area (TPSA) is 51.2 Å². The monoisotopic (exact) mass is 314 g/mol. The molecule has 2 fully saturated rings. The summed E-state index contributed by atoms with van der Waals surface area (Å²) in [5, 5.41) is 4.09. The highest BCUT2D eigenvalue weighted by Crippen LogP contribution is 2.41. The van der Waals surface area contributed by atoms with Gasteiger partial charge in [0.05, 0.1) is 11.6 Å². The molecule has 120 valence electrons. The molecule has 23 heavy (non-hydrogen) atoms. The van der Waals surface area contributed by atoms with E-state index in [2.05, 4.69) is 10.3 Å². The SMILES string of the molecule is O=C(NC1CCOC12CCCC2)c1ccc(F)c2ccncc12. The van der Waals surface area contributed by atoms with Gasteiger partial charge in [-0.25, -0.2) is 4.39 Å². The summed E-state index contributed by atoms with van der Waals surface area (Å²) in [5.41, 5.74) is 0.276. The molecular formula is C18H19FN2O2. The third kappa shape index (κ3) is 2.39. The summed E-state index contributed by atoms with van der Waals surface area (Å²) in [4.78, 5) is 16.8. The number of nitrogens with one attached hydrogen (secondary N) is 1. The fraction of sp³-hybridized carbons (Fsp3) is 0.444. The lowest BCUT2D eigenvalue weighted by molar-refractivity contribution is -0.00399. The van der Waals surface area contributed by atoms with Crippen molar-refractivity contribution in [1.82, 2.24) is 10.3 Å². The van der Waals surface area contributed by atoms with Crippen LogP contribution in [0, 0.1) is 5.82 Å². The van der Waals surface area contributed by atoms with E-state index in [-0.39, 0.29) is 23.4 Å². The van der Waals surface area contributed by atoms with Gasteiger partial charge < -0.3 is 10.1 Å². The van der Waals surface area contributed by atoms with E-state index < -0.39 is 0 Å². The van der Waals surface area contributed by atoms with Crippen molar-refractivity contribution in [2.45, 2.75) is 43.7 Å². The molecule has 1 N–H and O–H groups in total. The normalized spacial score (nSPS) is 22.7. The zero-order valence-electron chi connectivity index (χ0n) is 12.8. The fourth-order valence-electron chi connectivity index (χ4n) is 4.00. The van der Waals surface area contributed by atoms with Crippen LogP contribution in [0.1, 0.15) is 42.5 Å². The predicted molar refractivity (Wildman–Crippen MR) is 84.7 cm³/mol. The Morgan fingerprint density at radius 3 is 2.91 bits per heavy atom. The zero-order chi connectivity index (χ0) is 15.9. The Hall–Kier alpha value is -2.01. The van der Waals surface area contributed by atoms with Crippen LogP contribution in [0.25, 0.3) is 10.8 Å². The van der Waals surface area contributed by atoms with Gasteiger partial charge in [-0.1, -0.05) is 12.8 Å². The molecule has 0 radical (unpaired) electrons. The summed E-state index contributed by atoms with van der Waals surface area (Å²) >= 11 is 0. The van der Waals surface area contributed by atoms with Gasteiger partial charge in [0.15, 0.2) is 0 Å². The quantitative estimate of drug-likeness (QED) is 0.926. The number of rotatable bonds is 2. The minimum absolute atomic E-state index is 0.0364. The van der Waals surface area contributed by atoms with E-state index in [1.807, 2.05) is 0 Å². The van der Waals surface area contributed by atoms with E-state index in [4.69, 9.17) is 4.74 Å². The molecule has 1 spiro atoms. The molecule has 1 aliphatic carbocycles. The Balaban J connectivity index is 1.64. The summed E-state index contributed by atoms with van der Waals surface area (Å²) in [7, 11) is 0. The molecule has 1 aliphatic heterocycles. The summed E-state index contributed by atoms with van der Waals surface area (Å²) < 4.78 is 19.9. The Morgan fingerprint density at radius 1 is 1.26 bits per heavy atom. The third-order valence-corrected chi connectivity index (χ3v) is 5.20. The molecule has 4 rings (SSSR count). The number of ether oxygens (including phenoxy) is 1. The molecule has 1 aromatic carbocycles. The van der Waals surface area contributed by atoms with Crippen molar-refractivity contribution in [3.63, 3.8) is 0 Å². The van der Waals surface area contributed by atoms with Gasteiger partial charge in [0, 0.05) is 35.3 Å². The van der Waals surface area contributed by atoms with Crippen LogP contribution < -0.4 is 5.32 Å². The van der Waals surface area contributed by atoms with Crippen LogP contribution >= 0.6 is 0 Å². The summed E-state index contributed by atoms with van der Waals surface area (Å²) in [5.74, 6) is -0.514. The average Bonchev–Trinajstić information content (AvgIpc) is 3.19. The van der Waals surface area contributed by atoms with Crippen LogP contribution in [-0.4, -0.2) is 29.1 Å². The number of hydrogen-bond donors (Lipinski definition) is 1. The van der Waals surface area contributed by atoms with Gasteiger partial charge in [0.25, 0.3) is 5.91 Å². The Kier molecular flexibility index (Phi) is 3.53. The maximum absolute atomic E-state index is 13.9. The maximum Gasteiger partial charge on any atom is 0.252 e. The molecule has 1 saturated heterocycles. The highest BCUT2D eigenvalue weighted by atomic mass is 19.1. The summed E-state index contributed by atoms with van der Waals surface area (Å²) in [6, 6.07) is 4.51. The molecule has 4 nitrogen and oxygen atoms in total. The first-order chi connectivity index (χ1) is 11.2. The smallest absolute Gasteiger partial charge is 0.252 e. The van der Waals surface area contributed by atoms with E-state index in [1.54, 1.807) is 12.3 Å². The van der Waals surface area contributed by atoms with Crippen molar-refractivity contribution in [1.29, 1.82) is 0 Å². The molecule has 1 unspecified atom stereocenters. The molecule has 2 aromatic rings. The molecule has 5 heteroatoms. The van der Waals surface area contributed by atoms with Crippen molar-refractivity contribution in [3.8, 4) is 0 Å². The van der Waals surface area contributed by atoms with E-state index in [1.165, 1.54) is 18.3 Å². The first-order valence-electron chi connectivity index (χ1n) is 8.17. The number of nitrogens with zero attached hydrogens (tertiary/aromatic N) is 1. The predicted octanol–water partition coefficient (Wildman–Crippen LogP) is 3.21. The molecule has 1 aromatic heterocycles. The second kappa shape index (κ2) is 5.57. The maximum atomic E-state index is 13.9. The van der Waals surface area contributed by atoms with Gasteiger partial charge in [-0.3, -0.25) is 9.78 Å². The van der Waals surface area contributed by atoms with Gasteiger partial charge in [0.2, 0.25) is 0 Å². The molecule has 1 saturated carbocycles. The van der Waals surface area contributed by atoms with Gasteiger partial charge in [-0.2, -0.15) is 0 Å². The highest BCUT2D eigenvalue weighted by Gasteiger charge is 2.46. The Morgan fingerprint density at radius 2 is 2.09 bits per heavy atom. The van der Waals surface area contributed by atoms with E-state index in [9.17, 15) is 9.18 Å². The van der Waals surface area contributed by atoms with Crippen molar-refractivity contribution in [3.05, 3.63) is 42.0 Å². The summed E-state index contributed by atoms with van der Waals surface area (Å²) in [6.07, 6.45) is 8.22. The lowest BCUT2D eigenvalue weighted by Gasteiger charge is -2.30. The van der Waals surface area contributed by atoms with Crippen LogP contribution in [-0.2, 0) is 4.74 Å². The number of carbonyl (C=O) groups excluding carboxylic acids is 1. The van der Waals surface area contributed by atoms with Crippen molar-refractivity contribution in [2.24, 2.45) is 0 Å². The second-order valence-corrected chi connectivity index (χ2v) is 6.45. The summed E-state index contributed by atoms with van der Waals surface area (Å²) in [6.45, 7) is 0.691. The molecule has 1 atom stereocenters. The third-order valence-electron chi connectivity index (χ3n) is 5.20. The first-order valence-corrected chi connectivity index (χ1v) is 8.17. The van der Waals surface area contributed by atoms with Crippen molar-refractivity contribution < 1.29 is 13.9 Å². The number of aromatic nitrogens is 1. The number of halogens is 1. The van der Waals surface area contributed by atoms with Crippen LogP contribution in [0.5, 0.6) is 0 Å². The lowest BCUT2D eigenvalue weighted by atomic mass is 9.92. The fourth-order valence-corrected chi connectivity index (χ4v) is 4.00. The molecule has 0 bridgehead atoms. The van der Waals surface area contributed by atoms with Crippen molar-refractivity contribution >= 4 is 16.7 Å². The van der Waals surface area contributed by atoms with Crippen LogP contribution in [0.15, 0.2) is 30.6 Å². The number of carbonyl (C=O) groups is 1. The Bertz CT molecular complexity index is 750. The largest absolute Gasteiger partial charge is 0.373 e. The van der Waals surface area contributed by atoms with E-state index >= 15 is 0 Å². The van der Waals surface area contributed by atoms with E-state index in [0.29, 0.717) is 22.9 Å². The number of pyridine rings is 1. The van der Waals surface area contributed by atoms with Crippen LogP contribution in [0.3, 0.4) is 0 Å². The van der Waals surface area contributed by atoms with Crippen LogP contribution in [0.2, 0.25) is 0 Å². The number of hydrogen-bond acceptors (Lipinski definition) is 3. The van der Waals surface area contributed by atoms with Gasteiger partial charge >= 0.3 is 0 Å². The minimum Gasteiger partial charge on any atom is -0.373 e. The second-order valence-electron chi connectivity index (χ2n) is 6.45. The molecular weight excluding hydrogens is 295 g/mol. The number of benzene rings is 1. The van der Waals surface area contributed by atoms with Gasteiger partial charge in [-0.15, -0.1) is 0 Å². The van der Waals surface area contributed by atoms with Crippen LogP contribution in [0.4, 0.5) is 4.39 Å². The molecule has 1 amide bonds. The molecule has 2 heterocycles.